The Hall–Kier alpha value is -3.36. The van der Waals surface area contributed by atoms with Gasteiger partial charge in [-0.15, -0.1) is 0 Å². The van der Waals surface area contributed by atoms with Crippen LogP contribution in [0.1, 0.15) is 23.6 Å². The Balaban J connectivity index is 1.45. The molecule has 0 bridgehead atoms. The second kappa shape index (κ2) is 10.1. The number of hydrogen-bond donors (Lipinski definition) is 0. The molecule has 2 aliphatic rings. The third-order valence-corrected chi connectivity index (χ3v) is 7.31. The molecule has 0 saturated carbocycles. The topological polar surface area (TPSA) is 71.9 Å². The first kappa shape index (κ1) is 23.4. The van der Waals surface area contributed by atoms with Crippen molar-refractivity contribution in [3.8, 4) is 0 Å². The number of nitrogens with zero attached hydrogens (tertiary/aromatic N) is 3. The van der Waals surface area contributed by atoms with Crippen LogP contribution < -0.4 is 0 Å². The normalized spacial score (nSPS) is 17.7. The van der Waals surface area contributed by atoms with Crippen molar-refractivity contribution in [2.24, 2.45) is 0 Å². The Morgan fingerprint density at radius 1 is 1.06 bits per heavy atom. The predicted molar refractivity (Wildman–Crippen MR) is 137 cm³/mol. The van der Waals surface area contributed by atoms with E-state index in [1.165, 1.54) is 11.1 Å². The van der Waals surface area contributed by atoms with Crippen molar-refractivity contribution in [2.75, 3.05) is 32.8 Å². The van der Waals surface area contributed by atoms with E-state index >= 15 is 0 Å². The second-order valence-corrected chi connectivity index (χ2v) is 9.62. The highest BCUT2D eigenvalue weighted by Crippen LogP contribution is 2.35. The second-order valence-electron chi connectivity index (χ2n) is 8.63. The van der Waals surface area contributed by atoms with Crippen LogP contribution in [0.3, 0.4) is 0 Å². The van der Waals surface area contributed by atoms with Crippen molar-refractivity contribution < 1.29 is 19.1 Å². The van der Waals surface area contributed by atoms with Crippen molar-refractivity contribution in [1.82, 2.24) is 14.4 Å². The Kier molecular flexibility index (Phi) is 6.74. The first-order valence-electron chi connectivity index (χ1n) is 11.8. The van der Waals surface area contributed by atoms with Gasteiger partial charge in [-0.25, -0.2) is 0 Å². The van der Waals surface area contributed by atoms with Gasteiger partial charge in [0, 0.05) is 36.8 Å². The summed E-state index contributed by atoms with van der Waals surface area (Å²) in [5, 5.41) is 0.626. The van der Waals surface area contributed by atoms with Crippen molar-refractivity contribution in [3.63, 3.8) is 0 Å². The van der Waals surface area contributed by atoms with Gasteiger partial charge in [0.25, 0.3) is 11.1 Å². The number of imide groups is 1. The van der Waals surface area contributed by atoms with Crippen LogP contribution in [0.2, 0.25) is 0 Å². The number of ether oxygens (including phenoxy) is 1. The van der Waals surface area contributed by atoms with E-state index in [4.69, 9.17) is 4.74 Å². The van der Waals surface area contributed by atoms with Gasteiger partial charge in [-0.1, -0.05) is 55.5 Å². The molecule has 3 amide bonds. The highest BCUT2D eigenvalue weighted by Gasteiger charge is 2.37. The van der Waals surface area contributed by atoms with E-state index in [0.29, 0.717) is 37.8 Å². The molecular formula is C27H27N3O4S. The molecule has 5 rings (SSSR count). The first-order valence-corrected chi connectivity index (χ1v) is 12.6. The Labute approximate surface area is 208 Å². The molecule has 2 aromatic carbocycles. The largest absolute Gasteiger partial charge is 0.378 e. The fourth-order valence-electron chi connectivity index (χ4n) is 4.60. The van der Waals surface area contributed by atoms with Gasteiger partial charge in [0.2, 0.25) is 5.91 Å². The minimum absolute atomic E-state index is 0.232. The minimum Gasteiger partial charge on any atom is -0.378 e. The van der Waals surface area contributed by atoms with Gasteiger partial charge in [-0.3, -0.25) is 19.3 Å². The van der Waals surface area contributed by atoms with Crippen molar-refractivity contribution in [2.45, 2.75) is 19.9 Å². The monoisotopic (exact) mass is 489 g/mol. The van der Waals surface area contributed by atoms with E-state index in [9.17, 15) is 14.4 Å². The van der Waals surface area contributed by atoms with Crippen LogP contribution in [-0.4, -0.2) is 64.3 Å². The molecule has 35 heavy (non-hydrogen) atoms. The van der Waals surface area contributed by atoms with Gasteiger partial charge in [0.05, 0.1) is 23.6 Å². The Morgan fingerprint density at radius 2 is 1.83 bits per heavy atom. The fraction of sp³-hybridized carbons (Fsp3) is 0.296. The quantitative estimate of drug-likeness (QED) is 0.487. The van der Waals surface area contributed by atoms with Crippen LogP contribution in [-0.2, 0) is 27.3 Å². The summed E-state index contributed by atoms with van der Waals surface area (Å²) < 4.78 is 7.49. The summed E-state index contributed by atoms with van der Waals surface area (Å²) in [6.07, 6.45) is 4.72. The third kappa shape index (κ3) is 4.76. The predicted octanol–water partition coefficient (Wildman–Crippen LogP) is 4.15. The SMILES string of the molecule is CCc1cccc2c(/C=C3\SC(=O)N(CC(=O)N4CCOCC4)C3=O)cn(Cc3ccccc3)c12. The molecule has 180 valence electrons. The Morgan fingerprint density at radius 3 is 2.57 bits per heavy atom. The maximum absolute atomic E-state index is 13.1. The molecule has 7 nitrogen and oxygen atoms in total. The summed E-state index contributed by atoms with van der Waals surface area (Å²) in [4.78, 5) is 41.4. The van der Waals surface area contributed by atoms with Gasteiger partial charge in [0.1, 0.15) is 6.54 Å². The average Bonchev–Trinajstić information content (AvgIpc) is 3.36. The van der Waals surface area contributed by atoms with Crippen molar-refractivity contribution >= 4 is 45.8 Å². The molecule has 8 heteroatoms. The number of aromatic nitrogens is 1. The van der Waals surface area contributed by atoms with E-state index in [-0.39, 0.29) is 12.5 Å². The number of aryl methyl sites for hydroxylation is 1. The molecule has 0 unspecified atom stereocenters. The van der Waals surface area contributed by atoms with E-state index in [0.717, 1.165) is 39.5 Å². The molecule has 2 aliphatic heterocycles. The minimum atomic E-state index is -0.419. The standard InChI is InChI=1S/C27H27N3O4S/c1-2-20-9-6-10-22-21(17-29(25(20)22)16-19-7-4-3-5-8-19)15-23-26(32)30(27(33)35-23)18-24(31)28-11-13-34-14-12-28/h3-10,15,17H,2,11-14,16,18H2,1H3/b23-15-. The molecule has 0 atom stereocenters. The van der Waals surface area contributed by atoms with Gasteiger partial charge < -0.3 is 14.2 Å². The maximum Gasteiger partial charge on any atom is 0.294 e. The number of hydrogen-bond acceptors (Lipinski definition) is 5. The zero-order valence-corrected chi connectivity index (χ0v) is 20.4. The van der Waals surface area contributed by atoms with Crippen LogP contribution in [0.15, 0.2) is 59.6 Å². The summed E-state index contributed by atoms with van der Waals surface area (Å²) in [5.41, 5.74) is 4.43. The molecule has 0 N–H and O–H groups in total. The molecule has 2 saturated heterocycles. The number of morpholine rings is 1. The smallest absolute Gasteiger partial charge is 0.294 e. The fourth-order valence-corrected chi connectivity index (χ4v) is 5.43. The molecule has 1 aromatic heterocycles. The number of fused-ring (bicyclic) bond motifs is 1. The molecular weight excluding hydrogens is 462 g/mol. The molecule has 0 aliphatic carbocycles. The van der Waals surface area contributed by atoms with Gasteiger partial charge in [-0.2, -0.15) is 0 Å². The number of carbonyl (C=O) groups excluding carboxylic acids is 3. The summed E-state index contributed by atoms with van der Waals surface area (Å²) in [6.45, 7) is 4.50. The van der Waals surface area contributed by atoms with Crippen LogP contribution in [0.4, 0.5) is 4.79 Å². The van der Waals surface area contributed by atoms with Crippen molar-refractivity contribution in [3.05, 3.63) is 76.3 Å². The molecule has 0 spiro atoms. The Bertz CT molecular complexity index is 1310. The molecule has 3 aromatic rings. The summed E-state index contributed by atoms with van der Waals surface area (Å²) >= 11 is 0.891. The van der Waals surface area contributed by atoms with Gasteiger partial charge in [0.15, 0.2) is 0 Å². The lowest BCUT2D eigenvalue weighted by Gasteiger charge is -2.28. The zero-order chi connectivity index (χ0) is 24.4. The van der Waals surface area contributed by atoms with Crippen molar-refractivity contribution in [1.29, 1.82) is 0 Å². The number of benzene rings is 2. The maximum atomic E-state index is 13.1. The molecule has 2 fully saturated rings. The number of thioether (sulfide) groups is 1. The lowest BCUT2D eigenvalue weighted by atomic mass is 10.1. The molecule has 3 heterocycles. The highest BCUT2D eigenvalue weighted by molar-refractivity contribution is 8.18. The highest BCUT2D eigenvalue weighted by atomic mass is 32.2. The van der Waals surface area contributed by atoms with E-state index in [2.05, 4.69) is 29.7 Å². The molecule has 0 radical (unpaired) electrons. The number of carbonyl (C=O) groups is 3. The lowest BCUT2D eigenvalue weighted by Crippen LogP contribution is -2.46. The third-order valence-electron chi connectivity index (χ3n) is 6.41. The van der Waals surface area contributed by atoms with E-state index in [1.807, 2.05) is 36.5 Å². The number of rotatable bonds is 6. The van der Waals surface area contributed by atoms with Crippen LogP contribution in [0.5, 0.6) is 0 Å². The van der Waals surface area contributed by atoms with Crippen LogP contribution >= 0.6 is 11.8 Å². The number of amides is 3. The summed E-state index contributed by atoms with van der Waals surface area (Å²) in [5.74, 6) is -0.652. The average molecular weight is 490 g/mol. The zero-order valence-electron chi connectivity index (χ0n) is 19.6. The first-order chi connectivity index (χ1) is 17.0. The summed E-state index contributed by atoms with van der Waals surface area (Å²) in [7, 11) is 0. The van der Waals surface area contributed by atoms with Gasteiger partial charge in [-0.05, 0) is 35.4 Å². The van der Waals surface area contributed by atoms with E-state index in [1.54, 1.807) is 11.0 Å². The van der Waals surface area contributed by atoms with E-state index < -0.39 is 11.1 Å². The summed E-state index contributed by atoms with van der Waals surface area (Å²) in [6, 6.07) is 16.4. The lowest BCUT2D eigenvalue weighted by molar-refractivity contribution is -0.139. The number of para-hydroxylation sites is 1. The van der Waals surface area contributed by atoms with Crippen LogP contribution in [0.25, 0.3) is 17.0 Å². The van der Waals surface area contributed by atoms with Gasteiger partial charge >= 0.3 is 0 Å². The van der Waals surface area contributed by atoms with Crippen LogP contribution in [0, 0.1) is 0 Å².